The van der Waals surface area contributed by atoms with Gasteiger partial charge in [0.05, 0.1) is 12.2 Å². The Kier molecular flexibility index (Phi) is 5.56. The van der Waals surface area contributed by atoms with E-state index in [-0.39, 0.29) is 12.2 Å². The van der Waals surface area contributed by atoms with Gasteiger partial charge in [-0.3, -0.25) is 4.90 Å². The van der Waals surface area contributed by atoms with Crippen molar-refractivity contribution in [3.63, 3.8) is 0 Å². The molecule has 0 radical (unpaired) electrons. The molecule has 6 nitrogen and oxygen atoms in total. The molecule has 1 saturated heterocycles. The van der Waals surface area contributed by atoms with Gasteiger partial charge in [-0.05, 0) is 28.8 Å². The Bertz CT molecular complexity index is 799. The number of rotatable bonds is 2. The third-order valence-electron chi connectivity index (χ3n) is 4.35. The smallest absolute Gasteiger partial charge is 0.414 e. The maximum Gasteiger partial charge on any atom is 0.414 e. The van der Waals surface area contributed by atoms with Crippen molar-refractivity contribution >= 4 is 23.5 Å². The molecule has 0 spiro atoms. The minimum atomic E-state index is -1.82. The number of benzene rings is 2. The molecule has 2 aromatic carbocycles. The quantitative estimate of drug-likeness (QED) is 0.784. The summed E-state index contributed by atoms with van der Waals surface area (Å²) in [6.45, 7) is 2.89. The summed E-state index contributed by atoms with van der Waals surface area (Å²) in [6.07, 6.45) is 0.371. The van der Waals surface area contributed by atoms with Crippen LogP contribution in [0.2, 0.25) is 5.02 Å². The summed E-state index contributed by atoms with van der Waals surface area (Å²) in [5, 5.41) is 15.6. The average molecular weight is 376 g/mol. The summed E-state index contributed by atoms with van der Waals surface area (Å²) in [7, 11) is 0. The van der Waals surface area contributed by atoms with E-state index < -0.39 is 11.9 Å². The predicted molar refractivity (Wildman–Crippen MR) is 95.0 cm³/mol. The fourth-order valence-electron chi connectivity index (χ4n) is 3.26. The summed E-state index contributed by atoms with van der Waals surface area (Å²) in [4.78, 5) is 20.7. The molecule has 0 saturated carbocycles. The standard InChI is InChI=1S/C17H16ClNO.C2H2O4/c18-13-6-7-14-15(8-13)17-11-19(10-16(14)20-17)9-12-4-2-1-3-5-12;3-1(4)2(5)6/h1-8,16-17H,9-11H2;(H,3,4)(H,5,6). The highest BCUT2D eigenvalue weighted by Crippen LogP contribution is 2.44. The first-order valence-electron chi connectivity index (χ1n) is 8.11. The Morgan fingerprint density at radius 2 is 1.62 bits per heavy atom. The van der Waals surface area contributed by atoms with Gasteiger partial charge in [-0.2, -0.15) is 0 Å². The van der Waals surface area contributed by atoms with E-state index in [9.17, 15) is 0 Å². The van der Waals surface area contributed by atoms with Crippen molar-refractivity contribution in [2.75, 3.05) is 13.1 Å². The molecule has 0 amide bonds. The average Bonchev–Trinajstić information content (AvgIpc) is 2.86. The van der Waals surface area contributed by atoms with Crippen LogP contribution in [0.15, 0.2) is 48.5 Å². The zero-order chi connectivity index (χ0) is 18.7. The number of aliphatic carboxylic acids is 2. The monoisotopic (exact) mass is 375 g/mol. The summed E-state index contributed by atoms with van der Waals surface area (Å²) < 4.78 is 6.09. The van der Waals surface area contributed by atoms with E-state index in [0.717, 1.165) is 24.7 Å². The van der Waals surface area contributed by atoms with Crippen molar-refractivity contribution in [3.05, 3.63) is 70.2 Å². The molecule has 7 heteroatoms. The number of carbonyl (C=O) groups is 2. The summed E-state index contributed by atoms with van der Waals surface area (Å²) in [5.41, 5.74) is 3.95. The van der Waals surface area contributed by atoms with E-state index in [4.69, 9.17) is 36.1 Å². The Morgan fingerprint density at radius 3 is 2.23 bits per heavy atom. The topological polar surface area (TPSA) is 87.1 Å². The van der Waals surface area contributed by atoms with Gasteiger partial charge in [0.1, 0.15) is 0 Å². The highest BCUT2D eigenvalue weighted by Gasteiger charge is 2.38. The van der Waals surface area contributed by atoms with Crippen molar-refractivity contribution in [1.29, 1.82) is 0 Å². The van der Waals surface area contributed by atoms with Gasteiger partial charge in [0.15, 0.2) is 0 Å². The van der Waals surface area contributed by atoms with Gasteiger partial charge in [0.25, 0.3) is 0 Å². The molecule has 0 aromatic heterocycles. The number of hydrogen-bond donors (Lipinski definition) is 2. The number of morpholine rings is 1. The fourth-order valence-corrected chi connectivity index (χ4v) is 3.44. The lowest BCUT2D eigenvalue weighted by atomic mass is 10.0. The molecule has 2 unspecified atom stereocenters. The normalized spacial score (nSPS) is 20.7. The number of hydrogen-bond acceptors (Lipinski definition) is 4. The number of nitrogens with zero attached hydrogens (tertiary/aromatic N) is 1. The van der Waals surface area contributed by atoms with E-state index >= 15 is 0 Å². The van der Waals surface area contributed by atoms with Crippen LogP contribution in [0.5, 0.6) is 0 Å². The minimum absolute atomic E-state index is 0.172. The van der Waals surface area contributed by atoms with E-state index in [0.29, 0.717) is 0 Å². The minimum Gasteiger partial charge on any atom is -0.473 e. The van der Waals surface area contributed by atoms with Gasteiger partial charge in [-0.25, -0.2) is 9.59 Å². The highest BCUT2D eigenvalue weighted by molar-refractivity contribution is 6.30. The summed E-state index contributed by atoms with van der Waals surface area (Å²) >= 11 is 6.11. The van der Waals surface area contributed by atoms with E-state index in [1.807, 2.05) is 6.07 Å². The zero-order valence-corrected chi connectivity index (χ0v) is 14.6. The van der Waals surface area contributed by atoms with Crippen LogP contribution in [0.4, 0.5) is 0 Å². The number of carboxylic acid groups (broad SMARTS) is 2. The van der Waals surface area contributed by atoms with Crippen LogP contribution < -0.4 is 0 Å². The Labute approximate surface area is 155 Å². The van der Waals surface area contributed by atoms with Crippen LogP contribution in [0.3, 0.4) is 0 Å². The van der Waals surface area contributed by atoms with Crippen LogP contribution in [0, 0.1) is 0 Å². The second kappa shape index (κ2) is 7.86. The van der Waals surface area contributed by atoms with Crippen LogP contribution in [-0.2, 0) is 20.9 Å². The molecule has 2 aliphatic heterocycles. The van der Waals surface area contributed by atoms with E-state index in [1.165, 1.54) is 16.7 Å². The van der Waals surface area contributed by atoms with Gasteiger partial charge < -0.3 is 14.9 Å². The highest BCUT2D eigenvalue weighted by atomic mass is 35.5. The Hall–Kier alpha value is -2.41. The summed E-state index contributed by atoms with van der Waals surface area (Å²) in [5.74, 6) is -3.65. The first-order valence-corrected chi connectivity index (χ1v) is 8.49. The van der Waals surface area contributed by atoms with Crippen molar-refractivity contribution in [3.8, 4) is 0 Å². The molecule has 26 heavy (non-hydrogen) atoms. The first-order chi connectivity index (χ1) is 12.4. The van der Waals surface area contributed by atoms with Crippen molar-refractivity contribution < 1.29 is 24.5 Å². The molecule has 1 fully saturated rings. The third kappa shape index (κ3) is 4.22. The fraction of sp³-hybridized carbons (Fsp3) is 0.263. The number of fused-ring (bicyclic) bond motifs is 5. The van der Waals surface area contributed by atoms with Crippen molar-refractivity contribution in [2.24, 2.45) is 0 Å². The second-order valence-electron chi connectivity index (χ2n) is 6.18. The van der Waals surface area contributed by atoms with Gasteiger partial charge in [-0.15, -0.1) is 0 Å². The predicted octanol–water partition coefficient (Wildman–Crippen LogP) is 3.12. The maximum atomic E-state index is 9.10. The SMILES string of the molecule is Clc1ccc2c(c1)C1CN(Cc3ccccc3)CC2O1.O=C(O)C(=O)O. The van der Waals surface area contributed by atoms with Gasteiger partial charge in [-0.1, -0.05) is 48.0 Å². The number of halogens is 1. The van der Waals surface area contributed by atoms with E-state index in [2.05, 4.69) is 47.4 Å². The van der Waals surface area contributed by atoms with Crippen molar-refractivity contribution in [2.45, 2.75) is 18.8 Å². The second-order valence-corrected chi connectivity index (χ2v) is 6.61. The molecule has 2 N–H and O–H groups in total. The lowest BCUT2D eigenvalue weighted by molar-refractivity contribution is -0.159. The molecule has 2 heterocycles. The number of ether oxygens (including phenoxy) is 1. The molecule has 2 atom stereocenters. The first kappa shape index (κ1) is 18.4. The van der Waals surface area contributed by atoms with Crippen LogP contribution in [0.25, 0.3) is 0 Å². The Balaban J connectivity index is 0.000000286. The van der Waals surface area contributed by atoms with Gasteiger partial charge >= 0.3 is 11.9 Å². The molecule has 4 rings (SSSR count). The maximum absolute atomic E-state index is 9.10. The van der Waals surface area contributed by atoms with Crippen LogP contribution in [-0.4, -0.2) is 40.1 Å². The number of carboxylic acids is 2. The lowest BCUT2D eigenvalue weighted by Gasteiger charge is -2.32. The molecule has 2 aromatic rings. The molecule has 2 bridgehead atoms. The lowest BCUT2D eigenvalue weighted by Crippen LogP contribution is -2.35. The molecular weight excluding hydrogens is 358 g/mol. The third-order valence-corrected chi connectivity index (χ3v) is 4.59. The largest absolute Gasteiger partial charge is 0.473 e. The van der Waals surface area contributed by atoms with Gasteiger partial charge in [0, 0.05) is 24.7 Å². The molecular formula is C19H18ClNO5. The van der Waals surface area contributed by atoms with Crippen molar-refractivity contribution in [1.82, 2.24) is 4.90 Å². The summed E-state index contributed by atoms with van der Waals surface area (Å²) in [6, 6.07) is 16.8. The van der Waals surface area contributed by atoms with E-state index in [1.54, 1.807) is 0 Å². The molecule has 136 valence electrons. The molecule has 2 aliphatic rings. The zero-order valence-electron chi connectivity index (χ0n) is 13.8. The molecule has 0 aliphatic carbocycles. The van der Waals surface area contributed by atoms with Crippen LogP contribution in [0.1, 0.15) is 28.9 Å². The van der Waals surface area contributed by atoms with Gasteiger partial charge in [0.2, 0.25) is 0 Å². The Morgan fingerprint density at radius 1 is 1.00 bits per heavy atom. The van der Waals surface area contributed by atoms with Crippen LogP contribution >= 0.6 is 11.6 Å².